The van der Waals surface area contributed by atoms with Gasteiger partial charge < -0.3 is 4.52 Å². The summed E-state index contributed by atoms with van der Waals surface area (Å²) in [5.74, 6) is 0. The molecular formula is C4H10N3OP3. The molecule has 11 heavy (non-hydrogen) atoms. The van der Waals surface area contributed by atoms with E-state index in [1.54, 1.807) is 0 Å². The number of unbranched alkanes of at least 4 members (excludes halogenated alkanes) is 1. The van der Waals surface area contributed by atoms with Crippen LogP contribution in [0.2, 0.25) is 0 Å². The SMILES string of the molecule is CCCCOP1N=PN=PN1. The minimum absolute atomic E-state index is 0.727. The van der Waals surface area contributed by atoms with Crippen LogP contribution in [0.4, 0.5) is 0 Å². The number of hydrogen-bond donors (Lipinski definition) is 1. The monoisotopic (exact) mass is 209 g/mol. The average molecular weight is 209 g/mol. The summed E-state index contributed by atoms with van der Waals surface area (Å²) in [4.78, 5) is 3.05. The maximum absolute atomic E-state index is 5.44. The Balaban J connectivity index is 2.07. The lowest BCUT2D eigenvalue weighted by Crippen LogP contribution is -1.95. The molecule has 0 spiro atoms. The molecule has 0 aromatic carbocycles. The van der Waals surface area contributed by atoms with Crippen LogP contribution in [-0.4, -0.2) is 6.61 Å². The van der Waals surface area contributed by atoms with E-state index in [-0.39, 0.29) is 0 Å². The smallest absolute Gasteiger partial charge is 0.250 e. The van der Waals surface area contributed by atoms with E-state index in [4.69, 9.17) is 4.52 Å². The highest BCUT2D eigenvalue weighted by molar-refractivity contribution is 7.63. The lowest BCUT2D eigenvalue weighted by Gasteiger charge is -2.10. The van der Waals surface area contributed by atoms with Crippen molar-refractivity contribution < 1.29 is 4.52 Å². The van der Waals surface area contributed by atoms with Gasteiger partial charge in [-0.25, -0.2) is 0 Å². The van der Waals surface area contributed by atoms with Gasteiger partial charge in [0, 0.05) is 0 Å². The zero-order valence-electron chi connectivity index (χ0n) is 6.27. The van der Waals surface area contributed by atoms with Crippen molar-refractivity contribution in [3.8, 4) is 0 Å². The molecule has 1 rings (SSSR count). The molecule has 0 saturated heterocycles. The lowest BCUT2D eigenvalue weighted by molar-refractivity contribution is 0.341. The van der Waals surface area contributed by atoms with Crippen molar-refractivity contribution in [3.05, 3.63) is 0 Å². The summed E-state index contributed by atoms with van der Waals surface area (Å²) in [6.07, 6.45) is 2.28. The standard InChI is InChI=1S/C4H10N3OP3/c1-2-3-4-8-11-6-9-5-10-7-11/h2-4H2,1H3,(H,5,6,7). The van der Waals surface area contributed by atoms with Gasteiger partial charge in [0.1, 0.15) is 8.52 Å². The molecule has 0 aromatic heterocycles. The summed E-state index contributed by atoms with van der Waals surface area (Å²) in [6, 6.07) is 0. The first kappa shape index (κ1) is 9.64. The predicted octanol–water partition coefficient (Wildman–Crippen LogP) is 3.72. The second-order valence-electron chi connectivity index (χ2n) is 1.93. The Labute approximate surface area is 70.9 Å². The fourth-order valence-electron chi connectivity index (χ4n) is 0.503. The molecule has 4 nitrogen and oxygen atoms in total. The van der Waals surface area contributed by atoms with Crippen molar-refractivity contribution in [1.29, 1.82) is 0 Å². The van der Waals surface area contributed by atoms with Gasteiger partial charge >= 0.3 is 0 Å². The highest BCUT2D eigenvalue weighted by Crippen LogP contribution is 2.44. The molecular weight excluding hydrogens is 199 g/mol. The molecule has 1 unspecified atom stereocenters. The third kappa shape index (κ3) is 4.20. The highest BCUT2D eigenvalue weighted by atomic mass is 31.2. The zero-order valence-corrected chi connectivity index (χ0v) is 8.95. The van der Waals surface area contributed by atoms with E-state index in [9.17, 15) is 0 Å². The number of rotatable bonds is 4. The summed E-state index contributed by atoms with van der Waals surface area (Å²) < 4.78 is 13.5. The maximum atomic E-state index is 5.44. The molecule has 0 amide bonds. The molecule has 0 aliphatic carbocycles. The molecule has 0 aromatic rings. The first-order valence-electron chi connectivity index (χ1n) is 3.43. The van der Waals surface area contributed by atoms with Crippen LogP contribution in [0.15, 0.2) is 9.03 Å². The van der Waals surface area contributed by atoms with Gasteiger partial charge in [0.2, 0.25) is 8.45 Å². The van der Waals surface area contributed by atoms with Crippen molar-refractivity contribution in [2.45, 2.75) is 19.8 Å². The average Bonchev–Trinajstić information content (AvgIpc) is 2.07. The van der Waals surface area contributed by atoms with Crippen molar-refractivity contribution in [3.63, 3.8) is 0 Å². The van der Waals surface area contributed by atoms with Crippen molar-refractivity contribution in [1.82, 2.24) is 4.86 Å². The van der Waals surface area contributed by atoms with Gasteiger partial charge in [-0.1, -0.05) is 13.3 Å². The Morgan fingerprint density at radius 1 is 1.64 bits per heavy atom. The van der Waals surface area contributed by atoms with Crippen LogP contribution in [0.5, 0.6) is 0 Å². The van der Waals surface area contributed by atoms with E-state index in [0.29, 0.717) is 0 Å². The Kier molecular flexibility index (Phi) is 5.35. The fraction of sp³-hybridized carbons (Fsp3) is 1.00. The molecule has 0 bridgehead atoms. The molecule has 1 heterocycles. The van der Waals surface area contributed by atoms with Crippen LogP contribution in [0, 0.1) is 0 Å². The summed E-state index contributed by atoms with van der Waals surface area (Å²) in [6.45, 7) is 2.96. The summed E-state index contributed by atoms with van der Waals surface area (Å²) >= 11 is 0. The van der Waals surface area contributed by atoms with E-state index >= 15 is 0 Å². The van der Waals surface area contributed by atoms with Crippen molar-refractivity contribution in [2.24, 2.45) is 9.03 Å². The van der Waals surface area contributed by atoms with Crippen molar-refractivity contribution >= 4 is 25.5 Å². The van der Waals surface area contributed by atoms with Crippen LogP contribution in [0.25, 0.3) is 0 Å². The van der Waals surface area contributed by atoms with Crippen LogP contribution in [0.1, 0.15) is 19.8 Å². The van der Waals surface area contributed by atoms with Gasteiger partial charge in [0.25, 0.3) is 0 Å². The Morgan fingerprint density at radius 2 is 2.55 bits per heavy atom. The van der Waals surface area contributed by atoms with Gasteiger partial charge in [0.15, 0.2) is 8.52 Å². The molecule has 0 radical (unpaired) electrons. The van der Waals surface area contributed by atoms with E-state index in [1.165, 1.54) is 6.42 Å². The van der Waals surface area contributed by atoms with Crippen LogP contribution >= 0.6 is 25.5 Å². The van der Waals surface area contributed by atoms with E-state index in [1.807, 2.05) is 0 Å². The molecule has 1 aliphatic heterocycles. The van der Waals surface area contributed by atoms with E-state index in [2.05, 4.69) is 20.8 Å². The lowest BCUT2D eigenvalue weighted by atomic mass is 10.4. The number of nitrogens with zero attached hydrogens (tertiary/aromatic N) is 2. The fourth-order valence-corrected chi connectivity index (χ4v) is 3.50. The minimum Gasteiger partial charge on any atom is -0.325 e. The van der Waals surface area contributed by atoms with Gasteiger partial charge in [-0.2, -0.15) is 13.9 Å². The Hall–Kier alpha value is 0.550. The maximum Gasteiger partial charge on any atom is 0.250 e. The third-order valence-electron chi connectivity index (χ3n) is 1.05. The molecule has 0 fully saturated rings. The first-order valence-corrected chi connectivity index (χ1v) is 6.29. The van der Waals surface area contributed by atoms with Crippen LogP contribution < -0.4 is 4.86 Å². The highest BCUT2D eigenvalue weighted by Gasteiger charge is 2.07. The van der Waals surface area contributed by atoms with Gasteiger partial charge in [0.05, 0.1) is 6.61 Å². The molecule has 0 saturated carbocycles. The molecule has 7 heteroatoms. The summed E-state index contributed by atoms with van der Waals surface area (Å²) in [7, 11) is 0.980. The minimum atomic E-state index is -0.727. The predicted molar refractivity (Wildman–Crippen MR) is 49.6 cm³/mol. The molecule has 62 valence electrons. The van der Waals surface area contributed by atoms with Gasteiger partial charge in [-0.05, 0) is 6.42 Å². The normalized spacial score (nSPS) is 25.4. The second-order valence-corrected chi connectivity index (χ2v) is 5.34. The van der Waals surface area contributed by atoms with E-state index in [0.717, 1.165) is 30.1 Å². The number of hydrogen-bond acceptors (Lipinski definition) is 4. The summed E-state index contributed by atoms with van der Waals surface area (Å²) in [5, 5.41) is 0. The molecule has 1 aliphatic rings. The van der Waals surface area contributed by atoms with Crippen LogP contribution in [0.3, 0.4) is 0 Å². The first-order chi connectivity index (χ1) is 5.43. The van der Waals surface area contributed by atoms with Gasteiger partial charge in [-0.15, -0.1) is 0 Å². The third-order valence-corrected chi connectivity index (χ3v) is 4.16. The number of nitrogens with one attached hydrogen (secondary N) is 1. The quantitative estimate of drug-likeness (QED) is 0.566. The Bertz CT molecular complexity index is 163. The zero-order chi connectivity index (χ0) is 7.94. The van der Waals surface area contributed by atoms with Gasteiger partial charge in [-0.3, -0.25) is 0 Å². The summed E-state index contributed by atoms with van der Waals surface area (Å²) in [5.41, 5.74) is 0. The van der Waals surface area contributed by atoms with Crippen molar-refractivity contribution in [2.75, 3.05) is 6.61 Å². The van der Waals surface area contributed by atoms with E-state index < -0.39 is 8.45 Å². The largest absolute Gasteiger partial charge is 0.325 e. The second kappa shape index (κ2) is 6.11. The molecule has 1 N–H and O–H groups in total. The Morgan fingerprint density at radius 3 is 3.18 bits per heavy atom. The molecule has 1 atom stereocenters. The topological polar surface area (TPSA) is 46.0 Å². The van der Waals surface area contributed by atoms with Crippen LogP contribution in [-0.2, 0) is 4.52 Å².